The maximum absolute atomic E-state index is 5.65. The molecular formula is C8H12O2. The van der Waals surface area contributed by atoms with Gasteiger partial charge >= 0.3 is 0 Å². The van der Waals surface area contributed by atoms with Crippen molar-refractivity contribution in [2.24, 2.45) is 5.92 Å². The Labute approximate surface area is 60.5 Å². The van der Waals surface area contributed by atoms with Gasteiger partial charge in [-0.05, 0) is 18.8 Å². The minimum Gasteiger partial charge on any atom is -0.349 e. The predicted octanol–water partition coefficient (Wildman–Crippen LogP) is 1.30. The van der Waals surface area contributed by atoms with Gasteiger partial charge in [-0.1, -0.05) is 0 Å². The van der Waals surface area contributed by atoms with Crippen LogP contribution in [0.15, 0.2) is 0 Å². The summed E-state index contributed by atoms with van der Waals surface area (Å²) < 4.78 is 11.3. The van der Waals surface area contributed by atoms with Crippen LogP contribution in [0.25, 0.3) is 0 Å². The van der Waals surface area contributed by atoms with Crippen LogP contribution in [0.5, 0.6) is 0 Å². The molecule has 3 rings (SSSR count). The Morgan fingerprint density at radius 2 is 2.00 bits per heavy atom. The van der Waals surface area contributed by atoms with Gasteiger partial charge in [0.25, 0.3) is 0 Å². The molecule has 4 unspecified atom stereocenters. The Morgan fingerprint density at radius 1 is 1.00 bits per heavy atom. The van der Waals surface area contributed by atoms with Crippen molar-refractivity contribution in [2.45, 2.75) is 44.2 Å². The summed E-state index contributed by atoms with van der Waals surface area (Å²) in [5.41, 5.74) is 0. The first-order valence-electron chi connectivity index (χ1n) is 4.23. The second-order valence-corrected chi connectivity index (χ2v) is 3.67. The number of hydrogen-bond acceptors (Lipinski definition) is 2. The summed E-state index contributed by atoms with van der Waals surface area (Å²) in [5, 5.41) is 0. The first kappa shape index (κ1) is 5.56. The standard InChI is InChI=1S/C8H12O2/c1-2-6-4-7-5(1)3-8(9-6)10-7/h5-8H,1-4H2. The molecule has 0 radical (unpaired) electrons. The van der Waals surface area contributed by atoms with E-state index in [2.05, 4.69) is 0 Å². The van der Waals surface area contributed by atoms with Gasteiger partial charge < -0.3 is 9.47 Å². The highest BCUT2D eigenvalue weighted by atomic mass is 16.7. The average molecular weight is 140 g/mol. The van der Waals surface area contributed by atoms with E-state index >= 15 is 0 Å². The number of rotatable bonds is 0. The molecule has 4 atom stereocenters. The van der Waals surface area contributed by atoms with Crippen molar-refractivity contribution in [1.82, 2.24) is 0 Å². The number of fused-ring (bicyclic) bond motifs is 2. The quantitative estimate of drug-likeness (QED) is 0.505. The molecule has 56 valence electrons. The molecule has 10 heavy (non-hydrogen) atoms. The van der Waals surface area contributed by atoms with Crippen LogP contribution in [0, 0.1) is 5.92 Å². The number of ether oxygens (including phenoxy) is 2. The zero-order valence-electron chi connectivity index (χ0n) is 5.95. The summed E-state index contributed by atoms with van der Waals surface area (Å²) in [6, 6.07) is 0. The van der Waals surface area contributed by atoms with E-state index in [1.807, 2.05) is 0 Å². The molecule has 2 saturated heterocycles. The molecule has 1 saturated carbocycles. The van der Waals surface area contributed by atoms with E-state index in [4.69, 9.17) is 9.47 Å². The second kappa shape index (κ2) is 1.74. The van der Waals surface area contributed by atoms with Gasteiger partial charge in [-0.25, -0.2) is 0 Å². The van der Waals surface area contributed by atoms with Crippen molar-refractivity contribution in [3.05, 3.63) is 0 Å². The molecule has 0 N–H and O–H groups in total. The van der Waals surface area contributed by atoms with Crippen LogP contribution in [0.3, 0.4) is 0 Å². The Bertz CT molecular complexity index is 147. The third kappa shape index (κ3) is 0.611. The van der Waals surface area contributed by atoms with Crippen LogP contribution in [0.1, 0.15) is 25.7 Å². The monoisotopic (exact) mass is 140 g/mol. The summed E-state index contributed by atoms with van der Waals surface area (Å²) in [6.07, 6.45) is 6.24. The summed E-state index contributed by atoms with van der Waals surface area (Å²) >= 11 is 0. The van der Waals surface area contributed by atoms with Crippen LogP contribution in [0.4, 0.5) is 0 Å². The van der Waals surface area contributed by atoms with Crippen molar-refractivity contribution in [2.75, 3.05) is 0 Å². The van der Waals surface area contributed by atoms with E-state index in [0.29, 0.717) is 12.2 Å². The largest absolute Gasteiger partial charge is 0.349 e. The second-order valence-electron chi connectivity index (χ2n) is 3.67. The molecule has 3 aliphatic rings. The third-order valence-electron chi connectivity index (χ3n) is 3.05. The fourth-order valence-electron chi connectivity index (χ4n) is 2.52. The normalized spacial score (nSPS) is 57.6. The molecule has 0 aromatic rings. The first-order chi connectivity index (χ1) is 4.92. The Hall–Kier alpha value is -0.0800. The zero-order chi connectivity index (χ0) is 6.55. The van der Waals surface area contributed by atoms with E-state index in [1.165, 1.54) is 25.7 Å². The molecule has 2 heterocycles. The van der Waals surface area contributed by atoms with Crippen molar-refractivity contribution in [1.29, 1.82) is 0 Å². The van der Waals surface area contributed by atoms with Crippen molar-refractivity contribution >= 4 is 0 Å². The summed E-state index contributed by atoms with van der Waals surface area (Å²) in [7, 11) is 0. The minimum atomic E-state index is 0.177. The zero-order valence-corrected chi connectivity index (χ0v) is 5.95. The molecule has 0 spiro atoms. The highest BCUT2D eigenvalue weighted by Crippen LogP contribution is 2.44. The lowest BCUT2D eigenvalue weighted by atomic mass is 9.86. The Balaban J connectivity index is 1.94. The first-order valence-corrected chi connectivity index (χ1v) is 4.23. The molecule has 3 fully saturated rings. The Kier molecular flexibility index (Phi) is 0.968. The smallest absolute Gasteiger partial charge is 0.158 e. The van der Waals surface area contributed by atoms with E-state index in [9.17, 15) is 0 Å². The topological polar surface area (TPSA) is 18.5 Å². The van der Waals surface area contributed by atoms with Gasteiger partial charge in [0, 0.05) is 12.8 Å². The van der Waals surface area contributed by atoms with Gasteiger partial charge in [-0.2, -0.15) is 0 Å². The van der Waals surface area contributed by atoms with Crippen LogP contribution in [-0.2, 0) is 9.47 Å². The molecule has 2 nitrogen and oxygen atoms in total. The van der Waals surface area contributed by atoms with Crippen LogP contribution in [-0.4, -0.2) is 18.5 Å². The average Bonchev–Trinajstić information content (AvgIpc) is 2.11. The lowest BCUT2D eigenvalue weighted by Gasteiger charge is -2.33. The SMILES string of the molecule is C1CC2CC3OC1CC2O3. The lowest BCUT2D eigenvalue weighted by molar-refractivity contribution is -0.217. The highest BCUT2D eigenvalue weighted by Gasteiger charge is 2.45. The fraction of sp³-hybridized carbons (Fsp3) is 1.00. The van der Waals surface area contributed by atoms with Gasteiger partial charge in [0.05, 0.1) is 12.2 Å². The molecule has 2 aliphatic heterocycles. The molecular weight excluding hydrogens is 128 g/mol. The van der Waals surface area contributed by atoms with E-state index < -0.39 is 0 Å². The maximum Gasteiger partial charge on any atom is 0.158 e. The molecule has 0 aromatic heterocycles. The lowest BCUT2D eigenvalue weighted by Crippen LogP contribution is -2.36. The van der Waals surface area contributed by atoms with Gasteiger partial charge in [-0.15, -0.1) is 0 Å². The van der Waals surface area contributed by atoms with E-state index in [-0.39, 0.29) is 6.29 Å². The van der Waals surface area contributed by atoms with Crippen molar-refractivity contribution in [3.8, 4) is 0 Å². The summed E-state index contributed by atoms with van der Waals surface area (Å²) in [4.78, 5) is 0. The minimum absolute atomic E-state index is 0.177. The summed E-state index contributed by atoms with van der Waals surface area (Å²) in [6.45, 7) is 0. The van der Waals surface area contributed by atoms with Gasteiger partial charge in [0.2, 0.25) is 0 Å². The van der Waals surface area contributed by atoms with Gasteiger partial charge in [0.1, 0.15) is 0 Å². The molecule has 1 aliphatic carbocycles. The predicted molar refractivity (Wildman–Crippen MR) is 35.5 cm³/mol. The van der Waals surface area contributed by atoms with Crippen LogP contribution >= 0.6 is 0 Å². The van der Waals surface area contributed by atoms with Crippen molar-refractivity contribution < 1.29 is 9.47 Å². The van der Waals surface area contributed by atoms with Crippen LogP contribution in [0.2, 0.25) is 0 Å². The highest BCUT2D eigenvalue weighted by molar-refractivity contribution is 4.90. The summed E-state index contributed by atoms with van der Waals surface area (Å²) in [5.74, 6) is 0.837. The van der Waals surface area contributed by atoms with Gasteiger partial charge in [0.15, 0.2) is 6.29 Å². The number of hydrogen-bond donors (Lipinski definition) is 0. The van der Waals surface area contributed by atoms with Gasteiger partial charge in [-0.3, -0.25) is 0 Å². The molecule has 2 heteroatoms. The Morgan fingerprint density at radius 3 is 3.00 bits per heavy atom. The molecule has 0 amide bonds. The fourth-order valence-corrected chi connectivity index (χ4v) is 2.52. The van der Waals surface area contributed by atoms with Crippen LogP contribution < -0.4 is 0 Å². The molecule has 3 bridgehead atoms. The van der Waals surface area contributed by atoms with Crippen molar-refractivity contribution in [3.63, 3.8) is 0 Å². The van der Waals surface area contributed by atoms with E-state index in [1.54, 1.807) is 0 Å². The third-order valence-corrected chi connectivity index (χ3v) is 3.05. The molecule has 0 aromatic carbocycles. The van der Waals surface area contributed by atoms with E-state index in [0.717, 1.165) is 5.92 Å². The maximum atomic E-state index is 5.65.